The van der Waals surface area contributed by atoms with Gasteiger partial charge in [-0.3, -0.25) is 10.1 Å². The molecule has 0 aliphatic carbocycles. The summed E-state index contributed by atoms with van der Waals surface area (Å²) in [7, 11) is 1.26. The maximum absolute atomic E-state index is 11.2. The highest BCUT2D eigenvalue weighted by atomic mass is 32.1. The molecule has 0 saturated carbocycles. The molecule has 2 N–H and O–H groups in total. The Morgan fingerprint density at radius 2 is 2.19 bits per heavy atom. The van der Waals surface area contributed by atoms with Crippen LogP contribution < -0.4 is 5.32 Å². The highest BCUT2D eigenvalue weighted by Crippen LogP contribution is 2.32. The molecule has 2 heterocycles. The second-order valence-corrected chi connectivity index (χ2v) is 6.01. The minimum absolute atomic E-state index is 0.0968. The number of aromatic nitrogens is 1. The molecule has 27 heavy (non-hydrogen) atoms. The van der Waals surface area contributed by atoms with E-state index in [-0.39, 0.29) is 17.2 Å². The highest BCUT2D eigenvalue weighted by Gasteiger charge is 2.19. The number of aliphatic carboxylic acids is 1. The van der Waals surface area contributed by atoms with Crippen LogP contribution in [0.2, 0.25) is 0 Å². The topological polar surface area (TPSA) is 140 Å². The first-order chi connectivity index (χ1) is 13.0. The molecule has 0 radical (unpaired) electrons. The fourth-order valence-electron chi connectivity index (χ4n) is 2.26. The van der Waals surface area contributed by atoms with Gasteiger partial charge in [-0.25, -0.2) is 4.79 Å². The lowest BCUT2D eigenvalue weighted by molar-refractivity contribution is -0.384. The molecule has 0 atom stereocenters. The zero-order valence-corrected chi connectivity index (χ0v) is 14.6. The van der Waals surface area contributed by atoms with Crippen LogP contribution in [0.3, 0.4) is 0 Å². The van der Waals surface area contributed by atoms with Crippen molar-refractivity contribution in [1.82, 2.24) is 5.16 Å². The fourth-order valence-corrected chi connectivity index (χ4v) is 3.05. The van der Waals surface area contributed by atoms with Gasteiger partial charge < -0.3 is 19.8 Å². The number of carbonyl (C=O) groups is 1. The number of nitrogens with one attached hydrogen (secondary N) is 1. The van der Waals surface area contributed by atoms with Crippen molar-refractivity contribution in [2.24, 2.45) is 5.16 Å². The molecule has 0 unspecified atom stereocenters. The Hall–Kier alpha value is -3.73. The third-order valence-electron chi connectivity index (χ3n) is 3.39. The van der Waals surface area contributed by atoms with Gasteiger partial charge in [0.2, 0.25) is 0 Å². The maximum atomic E-state index is 11.2. The number of hydrogen-bond donors (Lipinski definition) is 2. The molecule has 11 heteroatoms. The number of rotatable bonds is 7. The van der Waals surface area contributed by atoms with E-state index in [9.17, 15) is 14.9 Å². The van der Waals surface area contributed by atoms with Gasteiger partial charge in [-0.1, -0.05) is 22.4 Å². The molecule has 1 aromatic carbocycles. The summed E-state index contributed by atoms with van der Waals surface area (Å²) in [6, 6.07) is 9.24. The number of hydrogen-bond acceptors (Lipinski definition) is 9. The summed E-state index contributed by atoms with van der Waals surface area (Å²) < 4.78 is 5.19. The largest absolute Gasteiger partial charge is 0.476 e. The van der Waals surface area contributed by atoms with E-state index in [1.165, 1.54) is 30.6 Å². The molecule has 0 bridgehead atoms. The zero-order chi connectivity index (χ0) is 19.4. The number of oxime groups is 1. The van der Waals surface area contributed by atoms with Crippen LogP contribution in [0.1, 0.15) is 5.56 Å². The number of anilines is 2. The molecular formula is C16H12N4O6S. The number of para-hydroxylation sites is 1. The Bertz CT molecular complexity index is 1030. The molecule has 10 nitrogen and oxygen atoms in total. The van der Waals surface area contributed by atoms with E-state index in [4.69, 9.17) is 9.63 Å². The Morgan fingerprint density at radius 3 is 2.89 bits per heavy atom. The lowest BCUT2D eigenvalue weighted by Gasteiger charge is -1.98. The molecule has 3 aromatic rings. The van der Waals surface area contributed by atoms with Crippen LogP contribution in [0.15, 0.2) is 51.5 Å². The molecule has 3 rings (SSSR count). The number of carboxylic acids is 1. The van der Waals surface area contributed by atoms with Crippen molar-refractivity contribution in [3.8, 4) is 11.3 Å². The van der Waals surface area contributed by atoms with E-state index in [0.29, 0.717) is 21.9 Å². The van der Waals surface area contributed by atoms with Crippen molar-refractivity contribution < 1.29 is 24.2 Å². The molecule has 0 spiro atoms. The first-order valence-electron chi connectivity index (χ1n) is 7.40. The zero-order valence-electron chi connectivity index (χ0n) is 13.8. The van der Waals surface area contributed by atoms with Crippen LogP contribution in [0.5, 0.6) is 0 Å². The van der Waals surface area contributed by atoms with Crippen LogP contribution in [0, 0.1) is 10.1 Å². The van der Waals surface area contributed by atoms with E-state index < -0.39 is 10.9 Å². The monoisotopic (exact) mass is 388 g/mol. The van der Waals surface area contributed by atoms with Gasteiger partial charge in [-0.05, 0) is 12.1 Å². The molecule has 2 aromatic heterocycles. The van der Waals surface area contributed by atoms with Crippen molar-refractivity contribution in [3.05, 3.63) is 57.5 Å². The van der Waals surface area contributed by atoms with Crippen molar-refractivity contribution in [2.45, 2.75) is 0 Å². The van der Waals surface area contributed by atoms with Crippen molar-refractivity contribution >= 4 is 39.5 Å². The van der Waals surface area contributed by atoms with Gasteiger partial charge in [0.05, 0.1) is 15.5 Å². The number of nitro groups is 1. The number of benzene rings is 1. The third kappa shape index (κ3) is 3.93. The Morgan fingerprint density at radius 1 is 1.41 bits per heavy atom. The van der Waals surface area contributed by atoms with Crippen molar-refractivity contribution in [1.29, 1.82) is 0 Å². The molecule has 0 amide bonds. The van der Waals surface area contributed by atoms with Crippen molar-refractivity contribution in [3.63, 3.8) is 0 Å². The minimum Gasteiger partial charge on any atom is -0.476 e. The molecule has 138 valence electrons. The average Bonchev–Trinajstić information content (AvgIpc) is 3.29. The summed E-state index contributed by atoms with van der Waals surface area (Å²) in [4.78, 5) is 26.4. The number of carboxylic acid groups (broad SMARTS) is 1. The van der Waals surface area contributed by atoms with E-state index in [1.54, 1.807) is 29.6 Å². The first-order valence-corrected chi connectivity index (χ1v) is 8.28. The maximum Gasteiger partial charge on any atom is 0.358 e. The molecule has 0 aliphatic heterocycles. The van der Waals surface area contributed by atoms with Gasteiger partial charge in [0.1, 0.15) is 7.11 Å². The fraction of sp³-hybridized carbons (Fsp3) is 0.0625. The van der Waals surface area contributed by atoms with Crippen LogP contribution in [-0.2, 0) is 9.63 Å². The summed E-state index contributed by atoms with van der Waals surface area (Å²) in [5, 5.41) is 32.7. The van der Waals surface area contributed by atoms with Gasteiger partial charge in [-0.2, -0.15) is 0 Å². The SMILES string of the molecule is CON=C(C(=O)O)c1csc(Nc2cc(-c3ccccc3[N+](=O)[O-])on2)c1. The summed E-state index contributed by atoms with van der Waals surface area (Å²) >= 11 is 1.23. The van der Waals surface area contributed by atoms with Crippen LogP contribution in [-0.4, -0.2) is 34.0 Å². The summed E-state index contributed by atoms with van der Waals surface area (Å²) in [6.45, 7) is 0. The van der Waals surface area contributed by atoms with E-state index in [1.807, 2.05) is 0 Å². The molecule has 0 fully saturated rings. The summed E-state index contributed by atoms with van der Waals surface area (Å²) in [5.41, 5.74) is 0.331. The Labute approximate surface area is 155 Å². The van der Waals surface area contributed by atoms with E-state index >= 15 is 0 Å². The highest BCUT2D eigenvalue weighted by molar-refractivity contribution is 7.14. The standard InChI is InChI=1S/C16H12N4O6S/c1-25-19-15(16(21)22)9-6-14(27-8-9)17-13-7-12(26-18-13)10-4-2-3-5-11(10)20(23)24/h2-8H,1H3,(H,17,18)(H,21,22). The Balaban J connectivity index is 1.83. The van der Waals surface area contributed by atoms with Gasteiger partial charge >= 0.3 is 5.97 Å². The summed E-state index contributed by atoms with van der Waals surface area (Å²) in [6.07, 6.45) is 0. The second kappa shape index (κ2) is 7.66. The van der Waals surface area contributed by atoms with Gasteiger partial charge in [-0.15, -0.1) is 11.3 Å². The smallest absolute Gasteiger partial charge is 0.358 e. The lowest BCUT2D eigenvalue weighted by atomic mass is 10.1. The summed E-state index contributed by atoms with van der Waals surface area (Å²) in [5.74, 6) is -0.674. The van der Waals surface area contributed by atoms with E-state index in [2.05, 4.69) is 20.5 Å². The average molecular weight is 388 g/mol. The molecular weight excluding hydrogens is 376 g/mol. The predicted octanol–water partition coefficient (Wildman–Crippen LogP) is 3.49. The molecule has 0 aliphatic rings. The Kier molecular flexibility index (Phi) is 5.13. The lowest BCUT2D eigenvalue weighted by Crippen LogP contribution is -2.13. The quantitative estimate of drug-likeness (QED) is 0.356. The second-order valence-electron chi connectivity index (χ2n) is 5.10. The normalized spacial score (nSPS) is 11.2. The first kappa shape index (κ1) is 18.1. The van der Waals surface area contributed by atoms with E-state index in [0.717, 1.165) is 0 Å². The van der Waals surface area contributed by atoms with Gasteiger partial charge in [0.25, 0.3) is 5.69 Å². The predicted molar refractivity (Wildman–Crippen MR) is 97.4 cm³/mol. The molecule has 0 saturated heterocycles. The van der Waals surface area contributed by atoms with Gasteiger partial charge in [0.15, 0.2) is 17.3 Å². The number of nitro benzene ring substituents is 1. The van der Waals surface area contributed by atoms with Gasteiger partial charge in [0, 0.05) is 23.1 Å². The van der Waals surface area contributed by atoms with Crippen LogP contribution in [0.25, 0.3) is 11.3 Å². The minimum atomic E-state index is -1.22. The number of nitrogens with zero attached hydrogens (tertiary/aromatic N) is 3. The third-order valence-corrected chi connectivity index (χ3v) is 4.23. The number of thiophene rings is 1. The van der Waals surface area contributed by atoms with Crippen LogP contribution in [0.4, 0.5) is 16.5 Å². The van der Waals surface area contributed by atoms with Crippen LogP contribution >= 0.6 is 11.3 Å². The van der Waals surface area contributed by atoms with Crippen molar-refractivity contribution in [2.75, 3.05) is 12.4 Å².